The summed E-state index contributed by atoms with van der Waals surface area (Å²) < 4.78 is 37.0. The van der Waals surface area contributed by atoms with Gasteiger partial charge in [-0.1, -0.05) is 23.2 Å². The third-order valence-corrected chi connectivity index (χ3v) is 2.72. The van der Waals surface area contributed by atoms with Crippen LogP contribution in [-0.4, -0.2) is 15.9 Å². The molecular formula is C12H6Cl2F3N3O. The predicted molar refractivity (Wildman–Crippen MR) is 71.4 cm³/mol. The van der Waals surface area contributed by atoms with Crippen LogP contribution in [-0.2, 0) is 6.18 Å². The lowest BCUT2D eigenvalue weighted by Crippen LogP contribution is -2.13. The molecule has 0 aromatic carbocycles. The van der Waals surface area contributed by atoms with E-state index in [9.17, 15) is 18.0 Å². The summed E-state index contributed by atoms with van der Waals surface area (Å²) in [6, 6.07) is 4.42. The average Bonchev–Trinajstić information content (AvgIpc) is 2.37. The molecule has 0 saturated heterocycles. The van der Waals surface area contributed by atoms with Crippen LogP contribution in [0.25, 0.3) is 0 Å². The largest absolute Gasteiger partial charge is 0.433 e. The SMILES string of the molecule is O=C(Nc1ccc(C(F)(F)F)nc1)c1cc(Cl)nc(Cl)c1. The van der Waals surface area contributed by atoms with Crippen LogP contribution in [0.4, 0.5) is 18.9 Å². The van der Waals surface area contributed by atoms with Gasteiger partial charge in [0, 0.05) is 5.56 Å². The molecule has 4 nitrogen and oxygen atoms in total. The Morgan fingerprint density at radius 1 is 1.14 bits per heavy atom. The highest BCUT2D eigenvalue weighted by Gasteiger charge is 2.32. The van der Waals surface area contributed by atoms with Crippen LogP contribution in [0.5, 0.6) is 0 Å². The van der Waals surface area contributed by atoms with E-state index < -0.39 is 17.8 Å². The number of pyridine rings is 2. The Kier molecular flexibility index (Phi) is 4.34. The molecule has 21 heavy (non-hydrogen) atoms. The normalized spacial score (nSPS) is 11.3. The first-order chi connectivity index (χ1) is 9.75. The summed E-state index contributed by atoms with van der Waals surface area (Å²) in [6.45, 7) is 0. The number of alkyl halides is 3. The van der Waals surface area contributed by atoms with E-state index in [4.69, 9.17) is 23.2 Å². The maximum atomic E-state index is 12.3. The molecule has 0 saturated carbocycles. The van der Waals surface area contributed by atoms with Crippen LogP contribution in [0.1, 0.15) is 16.1 Å². The molecule has 1 amide bonds. The molecule has 2 rings (SSSR count). The summed E-state index contributed by atoms with van der Waals surface area (Å²) in [6.07, 6.45) is -3.63. The zero-order valence-electron chi connectivity index (χ0n) is 10.1. The van der Waals surface area contributed by atoms with Gasteiger partial charge < -0.3 is 5.32 Å². The number of aromatic nitrogens is 2. The number of nitrogens with zero attached hydrogens (tertiary/aromatic N) is 2. The van der Waals surface area contributed by atoms with E-state index in [1.165, 1.54) is 12.1 Å². The molecule has 0 bridgehead atoms. The summed E-state index contributed by atoms with van der Waals surface area (Å²) in [7, 11) is 0. The summed E-state index contributed by atoms with van der Waals surface area (Å²) in [4.78, 5) is 18.8. The molecule has 0 aliphatic carbocycles. The van der Waals surface area contributed by atoms with E-state index in [0.717, 1.165) is 18.3 Å². The molecule has 2 aromatic heterocycles. The average molecular weight is 336 g/mol. The van der Waals surface area contributed by atoms with Crippen molar-refractivity contribution in [2.45, 2.75) is 6.18 Å². The number of anilines is 1. The number of rotatable bonds is 2. The summed E-state index contributed by atoms with van der Waals surface area (Å²) in [5.74, 6) is -0.595. The third-order valence-electron chi connectivity index (χ3n) is 2.34. The van der Waals surface area contributed by atoms with Gasteiger partial charge in [-0.2, -0.15) is 13.2 Å². The molecule has 0 spiro atoms. The van der Waals surface area contributed by atoms with Gasteiger partial charge in [-0.05, 0) is 24.3 Å². The maximum Gasteiger partial charge on any atom is 0.433 e. The molecule has 1 N–H and O–H groups in total. The number of hydrogen-bond donors (Lipinski definition) is 1. The van der Waals surface area contributed by atoms with E-state index in [2.05, 4.69) is 15.3 Å². The molecule has 110 valence electrons. The quantitative estimate of drug-likeness (QED) is 0.842. The monoisotopic (exact) mass is 335 g/mol. The topological polar surface area (TPSA) is 54.9 Å². The van der Waals surface area contributed by atoms with Crippen molar-refractivity contribution in [1.29, 1.82) is 0 Å². The van der Waals surface area contributed by atoms with Gasteiger partial charge in [0.1, 0.15) is 16.0 Å². The third kappa shape index (κ3) is 4.05. The van der Waals surface area contributed by atoms with E-state index in [-0.39, 0.29) is 21.6 Å². The minimum atomic E-state index is -4.53. The number of halogens is 5. The number of amides is 1. The Labute approximate surface area is 126 Å². The van der Waals surface area contributed by atoms with E-state index in [1.807, 2.05) is 0 Å². The van der Waals surface area contributed by atoms with Gasteiger partial charge in [0.05, 0.1) is 11.9 Å². The lowest BCUT2D eigenvalue weighted by atomic mass is 10.2. The van der Waals surface area contributed by atoms with Crippen LogP contribution in [0.15, 0.2) is 30.5 Å². The Hall–Kier alpha value is -1.86. The smallest absolute Gasteiger partial charge is 0.321 e. The van der Waals surface area contributed by atoms with Gasteiger partial charge in [-0.3, -0.25) is 4.79 Å². The van der Waals surface area contributed by atoms with Crippen molar-refractivity contribution in [3.05, 3.63) is 52.0 Å². The van der Waals surface area contributed by atoms with Gasteiger partial charge in [0.2, 0.25) is 0 Å². The van der Waals surface area contributed by atoms with Crippen LogP contribution in [0.2, 0.25) is 10.3 Å². The van der Waals surface area contributed by atoms with Crippen LogP contribution >= 0.6 is 23.2 Å². The van der Waals surface area contributed by atoms with Crippen LogP contribution < -0.4 is 5.32 Å². The Morgan fingerprint density at radius 3 is 2.24 bits per heavy atom. The van der Waals surface area contributed by atoms with E-state index >= 15 is 0 Å². The fourth-order valence-electron chi connectivity index (χ4n) is 1.43. The fraction of sp³-hybridized carbons (Fsp3) is 0.0833. The second kappa shape index (κ2) is 5.87. The zero-order chi connectivity index (χ0) is 15.6. The molecule has 2 aromatic rings. The highest BCUT2D eigenvalue weighted by molar-refractivity contribution is 6.33. The minimum Gasteiger partial charge on any atom is -0.321 e. The first kappa shape index (κ1) is 15.5. The second-order valence-electron chi connectivity index (χ2n) is 3.89. The Bertz CT molecular complexity index is 654. The number of carbonyl (C=O) groups excluding carboxylic acids is 1. The Balaban J connectivity index is 2.16. The van der Waals surface area contributed by atoms with E-state index in [0.29, 0.717) is 0 Å². The first-order valence-corrected chi connectivity index (χ1v) is 6.19. The molecule has 0 fully saturated rings. The molecule has 0 radical (unpaired) electrons. The standard InChI is InChI=1S/C12H6Cl2F3N3O/c13-9-3-6(4-10(14)20-9)11(21)19-7-1-2-8(18-5-7)12(15,16)17/h1-5H,(H,19,21). The van der Waals surface area contributed by atoms with Crippen molar-refractivity contribution >= 4 is 34.8 Å². The summed E-state index contributed by atoms with van der Waals surface area (Å²) in [5, 5.41) is 2.43. The van der Waals surface area contributed by atoms with Crippen molar-refractivity contribution in [3.8, 4) is 0 Å². The minimum absolute atomic E-state index is 0.0261. The van der Waals surface area contributed by atoms with Crippen molar-refractivity contribution in [2.75, 3.05) is 5.32 Å². The zero-order valence-corrected chi connectivity index (χ0v) is 11.6. The van der Waals surface area contributed by atoms with Crippen molar-refractivity contribution < 1.29 is 18.0 Å². The van der Waals surface area contributed by atoms with Gasteiger partial charge in [-0.15, -0.1) is 0 Å². The van der Waals surface area contributed by atoms with Crippen molar-refractivity contribution in [2.24, 2.45) is 0 Å². The van der Waals surface area contributed by atoms with Crippen molar-refractivity contribution in [1.82, 2.24) is 9.97 Å². The number of nitrogens with one attached hydrogen (secondary N) is 1. The van der Waals surface area contributed by atoms with Gasteiger partial charge in [-0.25, -0.2) is 9.97 Å². The molecule has 9 heteroatoms. The lowest BCUT2D eigenvalue weighted by Gasteiger charge is -2.08. The second-order valence-corrected chi connectivity index (χ2v) is 4.66. The van der Waals surface area contributed by atoms with E-state index in [1.54, 1.807) is 0 Å². The number of hydrogen-bond acceptors (Lipinski definition) is 3. The molecule has 0 aliphatic rings. The van der Waals surface area contributed by atoms with Crippen molar-refractivity contribution in [3.63, 3.8) is 0 Å². The lowest BCUT2D eigenvalue weighted by molar-refractivity contribution is -0.141. The predicted octanol–water partition coefficient (Wildman–Crippen LogP) is 4.05. The van der Waals surface area contributed by atoms with Gasteiger partial charge in [0.25, 0.3) is 5.91 Å². The molecular weight excluding hydrogens is 330 g/mol. The molecule has 0 atom stereocenters. The summed E-state index contributed by atoms with van der Waals surface area (Å²) in [5.41, 5.74) is -0.813. The first-order valence-electron chi connectivity index (χ1n) is 5.43. The number of carbonyl (C=O) groups is 1. The molecule has 2 heterocycles. The fourth-order valence-corrected chi connectivity index (χ4v) is 1.90. The van der Waals surface area contributed by atoms with Gasteiger partial charge in [0.15, 0.2) is 0 Å². The highest BCUT2D eigenvalue weighted by atomic mass is 35.5. The van der Waals surface area contributed by atoms with Crippen LogP contribution in [0, 0.1) is 0 Å². The van der Waals surface area contributed by atoms with Gasteiger partial charge >= 0.3 is 6.18 Å². The maximum absolute atomic E-state index is 12.3. The Morgan fingerprint density at radius 2 is 1.76 bits per heavy atom. The highest BCUT2D eigenvalue weighted by Crippen LogP contribution is 2.27. The summed E-state index contributed by atoms with van der Waals surface area (Å²) >= 11 is 11.3. The molecule has 0 unspecified atom stereocenters. The molecule has 0 aliphatic heterocycles. The van der Waals surface area contributed by atoms with Crippen LogP contribution in [0.3, 0.4) is 0 Å².